The fraction of sp³-hybridized carbons (Fsp3) is 0.267. The number of aromatic nitrogens is 1. The van der Waals surface area contributed by atoms with Gasteiger partial charge in [-0.15, -0.1) is 11.8 Å². The Morgan fingerprint density at radius 2 is 2.10 bits per heavy atom. The van der Waals surface area contributed by atoms with Crippen LogP contribution in [0.3, 0.4) is 0 Å². The van der Waals surface area contributed by atoms with Crippen LogP contribution in [0.4, 0.5) is 0 Å². The van der Waals surface area contributed by atoms with E-state index in [2.05, 4.69) is 11.1 Å². The first-order valence-electron chi connectivity index (χ1n) is 6.32. The lowest BCUT2D eigenvalue weighted by Crippen LogP contribution is -2.16. The van der Waals surface area contributed by atoms with Crippen molar-refractivity contribution in [1.82, 2.24) is 4.98 Å². The van der Waals surface area contributed by atoms with Gasteiger partial charge in [-0.3, -0.25) is 0 Å². The number of hydrogen-bond donors (Lipinski definition) is 0. The molecule has 1 aliphatic rings. The summed E-state index contributed by atoms with van der Waals surface area (Å²) < 4.78 is 5.99. The Morgan fingerprint density at radius 1 is 1.25 bits per heavy atom. The molecule has 1 aromatic carbocycles. The van der Waals surface area contributed by atoms with Gasteiger partial charge < -0.3 is 4.74 Å². The van der Waals surface area contributed by atoms with Crippen molar-refractivity contribution < 1.29 is 4.74 Å². The van der Waals surface area contributed by atoms with Gasteiger partial charge in [-0.05, 0) is 42.9 Å². The summed E-state index contributed by atoms with van der Waals surface area (Å²) in [7, 11) is 0. The maximum atomic E-state index is 6.07. The largest absolute Gasteiger partial charge is 0.469 e. The summed E-state index contributed by atoms with van der Waals surface area (Å²) in [5.74, 6) is 0.727. The molecule has 0 bridgehead atoms. The first-order valence-corrected chi connectivity index (χ1v) is 8.30. The van der Waals surface area contributed by atoms with Gasteiger partial charge >= 0.3 is 0 Å². The molecule has 0 N–H and O–H groups in total. The molecular formula is C15H13Cl2NOS. The average Bonchev–Trinajstić information content (AvgIpc) is 2.49. The second-order valence-corrected chi connectivity index (χ2v) is 6.35. The van der Waals surface area contributed by atoms with E-state index in [0.29, 0.717) is 10.0 Å². The number of rotatable bonds is 2. The molecule has 1 atom stereocenters. The first-order chi connectivity index (χ1) is 9.67. The highest BCUT2D eigenvalue weighted by Crippen LogP contribution is 2.36. The second-order valence-electron chi connectivity index (χ2n) is 4.66. The molecule has 104 valence electrons. The molecule has 5 heteroatoms. The van der Waals surface area contributed by atoms with Crippen LogP contribution in [0.25, 0.3) is 0 Å². The normalized spacial score (nSPS) is 17.4. The van der Waals surface area contributed by atoms with Gasteiger partial charge in [0.1, 0.15) is 6.10 Å². The minimum atomic E-state index is -0.00936. The van der Waals surface area contributed by atoms with Crippen molar-refractivity contribution in [3.63, 3.8) is 0 Å². The third-order valence-corrected chi connectivity index (χ3v) is 4.81. The zero-order valence-electron chi connectivity index (χ0n) is 10.9. The maximum absolute atomic E-state index is 6.07. The van der Waals surface area contributed by atoms with Crippen LogP contribution in [0.5, 0.6) is 5.88 Å². The van der Waals surface area contributed by atoms with Crippen molar-refractivity contribution in [2.24, 2.45) is 0 Å². The van der Waals surface area contributed by atoms with Gasteiger partial charge in [0.05, 0.1) is 10.0 Å². The summed E-state index contributed by atoms with van der Waals surface area (Å²) in [6.45, 7) is 0. The summed E-state index contributed by atoms with van der Waals surface area (Å²) in [5.41, 5.74) is 2.22. The molecule has 0 saturated heterocycles. The molecule has 2 nitrogen and oxygen atoms in total. The van der Waals surface area contributed by atoms with Crippen LogP contribution in [-0.2, 0) is 6.42 Å². The van der Waals surface area contributed by atoms with Gasteiger partial charge in [0.25, 0.3) is 0 Å². The Morgan fingerprint density at radius 3 is 2.85 bits per heavy atom. The highest BCUT2D eigenvalue weighted by molar-refractivity contribution is 7.98. The molecule has 0 fully saturated rings. The molecule has 0 radical (unpaired) electrons. The monoisotopic (exact) mass is 325 g/mol. The number of aryl methyl sites for hydroxylation is 1. The van der Waals surface area contributed by atoms with E-state index in [-0.39, 0.29) is 6.10 Å². The van der Waals surface area contributed by atoms with E-state index in [0.717, 1.165) is 24.3 Å². The SMILES string of the molecule is CSc1cnc2c(c1)CCC(c1ccc(Cl)c(Cl)c1)O2. The van der Waals surface area contributed by atoms with Crippen molar-refractivity contribution in [2.75, 3.05) is 6.26 Å². The smallest absolute Gasteiger partial charge is 0.217 e. The van der Waals surface area contributed by atoms with Gasteiger partial charge in [0, 0.05) is 16.7 Å². The summed E-state index contributed by atoms with van der Waals surface area (Å²) in [6, 6.07) is 7.79. The van der Waals surface area contributed by atoms with Crippen molar-refractivity contribution >= 4 is 35.0 Å². The van der Waals surface area contributed by atoms with Crippen LogP contribution in [0, 0.1) is 0 Å². The van der Waals surface area contributed by atoms with E-state index < -0.39 is 0 Å². The predicted octanol–water partition coefficient (Wildman–Crippen LogP) is 5.18. The van der Waals surface area contributed by atoms with Crippen LogP contribution in [0.1, 0.15) is 23.7 Å². The first kappa shape index (κ1) is 14.1. The van der Waals surface area contributed by atoms with E-state index in [1.54, 1.807) is 11.8 Å². The number of nitrogens with zero attached hydrogens (tertiary/aromatic N) is 1. The summed E-state index contributed by atoms with van der Waals surface area (Å²) in [5, 5.41) is 1.12. The third kappa shape index (κ3) is 2.76. The van der Waals surface area contributed by atoms with Gasteiger partial charge in [-0.25, -0.2) is 4.98 Å². The summed E-state index contributed by atoms with van der Waals surface area (Å²) in [4.78, 5) is 5.57. The maximum Gasteiger partial charge on any atom is 0.217 e. The molecule has 0 saturated carbocycles. The molecule has 2 heterocycles. The zero-order valence-corrected chi connectivity index (χ0v) is 13.2. The van der Waals surface area contributed by atoms with Crippen LogP contribution in [-0.4, -0.2) is 11.2 Å². The van der Waals surface area contributed by atoms with Gasteiger partial charge in [0.2, 0.25) is 5.88 Å². The Bertz CT molecular complexity index is 648. The second kappa shape index (κ2) is 5.84. The average molecular weight is 326 g/mol. The molecule has 1 unspecified atom stereocenters. The molecule has 1 aromatic heterocycles. The molecule has 0 spiro atoms. The number of hydrogen-bond acceptors (Lipinski definition) is 3. The number of halogens is 2. The van der Waals surface area contributed by atoms with Crippen molar-refractivity contribution in [3.8, 4) is 5.88 Å². The molecule has 3 rings (SSSR count). The molecule has 1 aliphatic heterocycles. The Balaban J connectivity index is 1.86. The molecule has 2 aromatic rings. The summed E-state index contributed by atoms with van der Waals surface area (Å²) >= 11 is 13.7. The minimum Gasteiger partial charge on any atom is -0.469 e. The van der Waals surface area contributed by atoms with E-state index in [4.69, 9.17) is 27.9 Å². The predicted molar refractivity (Wildman–Crippen MR) is 84.2 cm³/mol. The van der Waals surface area contributed by atoms with Gasteiger partial charge in [-0.1, -0.05) is 29.3 Å². The van der Waals surface area contributed by atoms with Crippen molar-refractivity contribution in [3.05, 3.63) is 51.6 Å². The molecule has 0 aliphatic carbocycles. The zero-order chi connectivity index (χ0) is 14.1. The lowest BCUT2D eigenvalue weighted by atomic mass is 9.99. The van der Waals surface area contributed by atoms with E-state index in [1.165, 1.54) is 10.5 Å². The molecular weight excluding hydrogens is 313 g/mol. The van der Waals surface area contributed by atoms with Crippen LogP contribution >= 0.6 is 35.0 Å². The van der Waals surface area contributed by atoms with Gasteiger partial charge in [-0.2, -0.15) is 0 Å². The van der Waals surface area contributed by atoms with E-state index in [9.17, 15) is 0 Å². The highest BCUT2D eigenvalue weighted by atomic mass is 35.5. The fourth-order valence-electron chi connectivity index (χ4n) is 2.30. The van der Waals surface area contributed by atoms with Crippen LogP contribution in [0.2, 0.25) is 10.0 Å². The quantitative estimate of drug-likeness (QED) is 0.710. The minimum absolute atomic E-state index is 0.00936. The number of fused-ring (bicyclic) bond motifs is 1. The number of thioether (sulfide) groups is 1. The molecule has 20 heavy (non-hydrogen) atoms. The Hall–Kier alpha value is -0.900. The fourth-order valence-corrected chi connectivity index (χ4v) is 3.03. The summed E-state index contributed by atoms with van der Waals surface area (Å²) in [6.07, 6.45) is 5.77. The number of pyridine rings is 1. The standard InChI is InChI=1S/C15H13Cl2NOS/c1-20-11-6-10-3-5-14(19-15(10)18-8-11)9-2-4-12(16)13(17)7-9/h2,4,6-8,14H,3,5H2,1H3. The third-order valence-electron chi connectivity index (χ3n) is 3.38. The Labute approximate surface area is 132 Å². The van der Waals surface area contributed by atoms with Crippen molar-refractivity contribution in [2.45, 2.75) is 23.8 Å². The van der Waals surface area contributed by atoms with E-state index >= 15 is 0 Å². The van der Waals surface area contributed by atoms with Gasteiger partial charge in [0.15, 0.2) is 0 Å². The Kier molecular flexibility index (Phi) is 4.11. The number of ether oxygens (including phenoxy) is 1. The van der Waals surface area contributed by atoms with E-state index in [1.807, 2.05) is 30.7 Å². The van der Waals surface area contributed by atoms with Crippen LogP contribution in [0.15, 0.2) is 35.4 Å². The molecule has 0 amide bonds. The topological polar surface area (TPSA) is 22.1 Å². The highest BCUT2D eigenvalue weighted by Gasteiger charge is 2.23. The lowest BCUT2D eigenvalue weighted by Gasteiger charge is -2.25. The lowest BCUT2D eigenvalue weighted by molar-refractivity contribution is 0.167. The van der Waals surface area contributed by atoms with Crippen LogP contribution < -0.4 is 4.74 Å². The number of benzene rings is 1. The van der Waals surface area contributed by atoms with Crippen molar-refractivity contribution in [1.29, 1.82) is 0 Å².